The van der Waals surface area contributed by atoms with Gasteiger partial charge in [-0.3, -0.25) is 4.79 Å². The van der Waals surface area contributed by atoms with Gasteiger partial charge in [-0.1, -0.05) is 0 Å². The van der Waals surface area contributed by atoms with Crippen molar-refractivity contribution in [3.05, 3.63) is 23.8 Å². The van der Waals surface area contributed by atoms with Crippen molar-refractivity contribution in [1.82, 2.24) is 5.32 Å². The third-order valence-corrected chi connectivity index (χ3v) is 4.62. The molecule has 0 bridgehead atoms. The molecule has 1 fully saturated rings. The fraction of sp³-hybridized carbons (Fsp3) is 0.417. The fourth-order valence-corrected chi connectivity index (χ4v) is 3.03. The molecule has 0 unspecified atom stereocenters. The molecule has 21 heavy (non-hydrogen) atoms. The molecule has 0 radical (unpaired) electrons. The summed E-state index contributed by atoms with van der Waals surface area (Å²) in [5.41, 5.74) is 3.82. The van der Waals surface area contributed by atoms with E-state index in [1.165, 1.54) is 0 Å². The molecule has 1 aliphatic rings. The van der Waals surface area contributed by atoms with Gasteiger partial charge in [-0.25, -0.2) is 8.42 Å². The number of benzene rings is 1. The van der Waals surface area contributed by atoms with E-state index in [2.05, 4.69) is 5.32 Å². The van der Waals surface area contributed by atoms with Crippen LogP contribution in [-0.4, -0.2) is 26.1 Å². The molecule has 116 valence electrons. The Kier molecular flexibility index (Phi) is 3.87. The molecule has 1 aromatic carbocycles. The van der Waals surface area contributed by atoms with Crippen LogP contribution in [0.5, 0.6) is 0 Å². The molecule has 1 aliphatic carbocycles. The van der Waals surface area contributed by atoms with Gasteiger partial charge >= 0.3 is 6.18 Å². The lowest BCUT2D eigenvalue weighted by atomic mass is 10.2. The highest BCUT2D eigenvalue weighted by Gasteiger charge is 2.32. The molecule has 0 heterocycles. The van der Waals surface area contributed by atoms with Crippen molar-refractivity contribution in [3.8, 4) is 0 Å². The Morgan fingerprint density at radius 3 is 2.43 bits per heavy atom. The first-order valence-corrected chi connectivity index (χ1v) is 7.73. The normalized spacial score (nSPS) is 15.8. The summed E-state index contributed by atoms with van der Waals surface area (Å²) < 4.78 is 61.5. The Bertz CT molecular complexity index is 667. The number of carbonyl (C=O) groups excluding carboxylic acids is 1. The molecule has 0 aromatic heterocycles. The van der Waals surface area contributed by atoms with E-state index in [9.17, 15) is 26.4 Å². The van der Waals surface area contributed by atoms with E-state index in [0.29, 0.717) is 12.1 Å². The Morgan fingerprint density at radius 1 is 1.33 bits per heavy atom. The highest BCUT2D eigenvalue weighted by Crippen LogP contribution is 2.32. The lowest BCUT2D eigenvalue weighted by Gasteiger charge is -2.11. The van der Waals surface area contributed by atoms with E-state index in [1.54, 1.807) is 0 Å². The molecule has 1 amide bonds. The molecular weight excluding hydrogens is 309 g/mol. The number of alkyl halides is 3. The van der Waals surface area contributed by atoms with Gasteiger partial charge in [-0.2, -0.15) is 13.2 Å². The van der Waals surface area contributed by atoms with E-state index in [4.69, 9.17) is 5.73 Å². The summed E-state index contributed by atoms with van der Waals surface area (Å²) in [6, 6.07) is 1.95. The van der Waals surface area contributed by atoms with Crippen LogP contribution in [-0.2, 0) is 20.8 Å². The van der Waals surface area contributed by atoms with Gasteiger partial charge in [0, 0.05) is 6.04 Å². The molecule has 5 nitrogen and oxygen atoms in total. The van der Waals surface area contributed by atoms with Crippen LogP contribution in [0.25, 0.3) is 0 Å². The third kappa shape index (κ3) is 3.87. The number of carbonyl (C=O) groups is 1. The second kappa shape index (κ2) is 5.21. The number of hydrogen-bond acceptors (Lipinski definition) is 4. The fourth-order valence-electron chi connectivity index (χ4n) is 1.76. The second-order valence-corrected chi connectivity index (χ2v) is 6.81. The minimum Gasteiger partial charge on any atom is -0.398 e. The summed E-state index contributed by atoms with van der Waals surface area (Å²) in [5, 5.41) is 2.50. The maximum absolute atomic E-state index is 12.5. The van der Waals surface area contributed by atoms with Crippen molar-refractivity contribution < 1.29 is 26.4 Å². The van der Waals surface area contributed by atoms with Crippen molar-refractivity contribution in [2.75, 3.05) is 11.5 Å². The molecule has 0 atom stereocenters. The molecule has 0 saturated heterocycles. The lowest BCUT2D eigenvalue weighted by molar-refractivity contribution is -0.137. The van der Waals surface area contributed by atoms with Crippen LogP contribution in [0.1, 0.15) is 18.4 Å². The quantitative estimate of drug-likeness (QED) is 0.819. The van der Waals surface area contributed by atoms with Gasteiger partial charge in [-0.15, -0.1) is 0 Å². The predicted molar refractivity (Wildman–Crippen MR) is 69.1 cm³/mol. The van der Waals surface area contributed by atoms with E-state index in [0.717, 1.165) is 18.9 Å². The number of halogens is 3. The molecule has 1 aromatic rings. The Labute approximate surface area is 119 Å². The van der Waals surface area contributed by atoms with Gasteiger partial charge in [0.05, 0.1) is 16.1 Å². The van der Waals surface area contributed by atoms with Crippen LogP contribution in [0.15, 0.2) is 23.1 Å². The number of anilines is 1. The number of nitrogens with two attached hydrogens (primary N) is 1. The Morgan fingerprint density at radius 2 is 1.95 bits per heavy atom. The number of nitrogens with one attached hydrogen (secondary N) is 1. The minimum absolute atomic E-state index is 0.00217. The van der Waals surface area contributed by atoms with Gasteiger partial charge < -0.3 is 11.1 Å². The maximum Gasteiger partial charge on any atom is 0.416 e. The third-order valence-electron chi connectivity index (χ3n) is 2.94. The number of rotatable bonds is 4. The van der Waals surface area contributed by atoms with Crippen LogP contribution < -0.4 is 11.1 Å². The zero-order chi connectivity index (χ0) is 15.8. The van der Waals surface area contributed by atoms with Crippen LogP contribution in [0.2, 0.25) is 0 Å². The maximum atomic E-state index is 12.5. The largest absolute Gasteiger partial charge is 0.416 e. The number of amides is 1. The summed E-state index contributed by atoms with van der Waals surface area (Å²) >= 11 is 0. The van der Waals surface area contributed by atoms with Crippen molar-refractivity contribution in [2.45, 2.75) is 30.0 Å². The van der Waals surface area contributed by atoms with Crippen molar-refractivity contribution in [2.24, 2.45) is 0 Å². The summed E-state index contributed by atoms with van der Waals surface area (Å²) in [5.74, 6) is -1.52. The first kappa shape index (κ1) is 15.6. The molecule has 2 rings (SSSR count). The molecule has 1 saturated carbocycles. The molecular formula is C12H13F3N2O3S. The summed E-state index contributed by atoms with van der Waals surface area (Å²) in [6.45, 7) is 0. The van der Waals surface area contributed by atoms with Crippen LogP contribution >= 0.6 is 0 Å². The van der Waals surface area contributed by atoms with Gasteiger partial charge in [-0.05, 0) is 31.0 Å². The average molecular weight is 322 g/mol. The highest BCUT2D eigenvalue weighted by atomic mass is 32.2. The van der Waals surface area contributed by atoms with Gasteiger partial charge in [0.1, 0.15) is 5.75 Å². The molecule has 9 heteroatoms. The number of hydrogen-bond donors (Lipinski definition) is 2. The zero-order valence-electron chi connectivity index (χ0n) is 10.8. The average Bonchev–Trinajstić information content (AvgIpc) is 3.10. The van der Waals surface area contributed by atoms with Crippen LogP contribution in [0, 0.1) is 0 Å². The predicted octanol–water partition coefficient (Wildman–Crippen LogP) is 1.34. The van der Waals surface area contributed by atoms with Crippen molar-refractivity contribution in [1.29, 1.82) is 0 Å². The SMILES string of the molecule is Nc1cc(C(F)(F)F)ccc1S(=O)(=O)CC(=O)NC1CC1. The van der Waals surface area contributed by atoms with Crippen molar-refractivity contribution >= 4 is 21.4 Å². The van der Waals surface area contributed by atoms with E-state index in [-0.39, 0.29) is 6.04 Å². The summed E-state index contributed by atoms with van der Waals surface area (Å²) in [6.07, 6.45) is -3.01. The molecule has 0 aliphatic heterocycles. The second-order valence-electron chi connectivity index (χ2n) is 4.85. The minimum atomic E-state index is -4.61. The van der Waals surface area contributed by atoms with Crippen LogP contribution in [0.4, 0.5) is 18.9 Å². The van der Waals surface area contributed by atoms with E-state index in [1.807, 2.05) is 0 Å². The number of nitrogen functional groups attached to an aromatic ring is 1. The molecule has 0 spiro atoms. The Hall–Kier alpha value is -1.77. The van der Waals surface area contributed by atoms with Gasteiger partial charge in [0.2, 0.25) is 5.91 Å². The first-order chi connectivity index (χ1) is 9.59. The summed E-state index contributed by atoms with van der Waals surface area (Å²) in [4.78, 5) is 11.0. The van der Waals surface area contributed by atoms with Gasteiger partial charge in [0.25, 0.3) is 0 Å². The lowest BCUT2D eigenvalue weighted by Crippen LogP contribution is -2.32. The summed E-state index contributed by atoms with van der Waals surface area (Å²) in [7, 11) is -4.07. The smallest absolute Gasteiger partial charge is 0.398 e. The topological polar surface area (TPSA) is 89.3 Å². The number of sulfone groups is 1. The molecule has 3 N–H and O–H groups in total. The standard InChI is InChI=1S/C12H13F3N2O3S/c13-12(14,15)7-1-4-10(9(16)5-7)21(19,20)6-11(18)17-8-2-3-8/h1,4-5,8H,2-3,6,16H2,(H,17,18). The van der Waals surface area contributed by atoms with Crippen LogP contribution in [0.3, 0.4) is 0 Å². The first-order valence-electron chi connectivity index (χ1n) is 6.08. The highest BCUT2D eigenvalue weighted by molar-refractivity contribution is 7.92. The van der Waals surface area contributed by atoms with Crippen molar-refractivity contribution in [3.63, 3.8) is 0 Å². The monoisotopic (exact) mass is 322 g/mol. The zero-order valence-corrected chi connectivity index (χ0v) is 11.6. The van der Waals surface area contributed by atoms with Gasteiger partial charge in [0.15, 0.2) is 9.84 Å². The Balaban J connectivity index is 2.21. The van der Waals surface area contributed by atoms with E-state index < -0.39 is 43.8 Å². The van der Waals surface area contributed by atoms with E-state index >= 15 is 0 Å².